The minimum Gasteiger partial charge on any atom is -0.491 e. The highest BCUT2D eigenvalue weighted by atomic mass is 16.5. The van der Waals surface area contributed by atoms with E-state index in [4.69, 9.17) is 4.74 Å². The molecule has 0 aliphatic heterocycles. The van der Waals surface area contributed by atoms with Crippen LogP contribution in [0.5, 0.6) is 5.75 Å². The second kappa shape index (κ2) is 7.34. The molecule has 128 valence electrons. The molecular weight excluding hydrogens is 304 g/mol. The first-order valence-corrected chi connectivity index (χ1v) is 7.99. The summed E-state index contributed by atoms with van der Waals surface area (Å²) in [6.07, 6.45) is 0. The molecule has 0 atom stereocenters. The van der Waals surface area contributed by atoms with Crippen LogP contribution < -0.4 is 10.1 Å². The number of ketones is 1. The molecule has 1 amide bonds. The van der Waals surface area contributed by atoms with Crippen LogP contribution in [-0.4, -0.2) is 29.8 Å². The molecule has 0 saturated carbocycles. The van der Waals surface area contributed by atoms with Crippen LogP contribution in [0.1, 0.15) is 50.2 Å². The zero-order chi connectivity index (χ0) is 17.9. The van der Waals surface area contributed by atoms with Crippen molar-refractivity contribution in [2.75, 3.05) is 13.2 Å². The summed E-state index contributed by atoms with van der Waals surface area (Å²) >= 11 is 0. The van der Waals surface area contributed by atoms with Crippen LogP contribution in [0.4, 0.5) is 0 Å². The number of amides is 1. The number of benzene rings is 1. The fraction of sp³-hybridized carbons (Fsp3) is 0.368. The Morgan fingerprint density at radius 2 is 1.88 bits per heavy atom. The third-order valence-corrected chi connectivity index (χ3v) is 3.99. The van der Waals surface area contributed by atoms with Gasteiger partial charge in [0.2, 0.25) is 0 Å². The minimum atomic E-state index is -0.229. The summed E-state index contributed by atoms with van der Waals surface area (Å²) in [6.45, 7) is 9.88. The van der Waals surface area contributed by atoms with Crippen LogP contribution >= 0.6 is 0 Å². The van der Waals surface area contributed by atoms with E-state index in [1.54, 1.807) is 13.8 Å². The first-order chi connectivity index (χ1) is 11.3. The van der Waals surface area contributed by atoms with Gasteiger partial charge in [-0.15, -0.1) is 0 Å². The molecule has 0 aliphatic rings. The number of nitrogens with one attached hydrogen (secondary N) is 2. The van der Waals surface area contributed by atoms with Crippen molar-refractivity contribution in [3.05, 3.63) is 51.8 Å². The lowest BCUT2D eigenvalue weighted by Crippen LogP contribution is -2.29. The quantitative estimate of drug-likeness (QED) is 0.631. The van der Waals surface area contributed by atoms with Crippen LogP contribution in [0.3, 0.4) is 0 Å². The molecule has 2 aromatic rings. The predicted molar refractivity (Wildman–Crippen MR) is 94.0 cm³/mol. The molecule has 5 nitrogen and oxygen atoms in total. The molecule has 0 saturated heterocycles. The van der Waals surface area contributed by atoms with Crippen molar-refractivity contribution >= 4 is 11.7 Å². The molecule has 1 aromatic heterocycles. The lowest BCUT2D eigenvalue weighted by Gasteiger charge is -2.10. The molecule has 0 unspecified atom stereocenters. The number of H-pyrrole nitrogens is 1. The van der Waals surface area contributed by atoms with E-state index in [1.807, 2.05) is 26.0 Å². The molecule has 2 N–H and O–H groups in total. The fourth-order valence-corrected chi connectivity index (χ4v) is 2.88. The number of rotatable bonds is 6. The van der Waals surface area contributed by atoms with E-state index in [9.17, 15) is 9.59 Å². The maximum atomic E-state index is 12.3. The van der Waals surface area contributed by atoms with Crippen molar-refractivity contribution in [1.29, 1.82) is 0 Å². The zero-order valence-corrected chi connectivity index (χ0v) is 14.9. The van der Waals surface area contributed by atoms with Crippen molar-refractivity contribution < 1.29 is 14.3 Å². The van der Waals surface area contributed by atoms with Crippen molar-refractivity contribution in [2.24, 2.45) is 0 Å². The van der Waals surface area contributed by atoms with Gasteiger partial charge < -0.3 is 15.0 Å². The van der Waals surface area contributed by atoms with E-state index in [-0.39, 0.29) is 11.7 Å². The van der Waals surface area contributed by atoms with E-state index in [0.29, 0.717) is 30.0 Å². The van der Waals surface area contributed by atoms with Crippen LogP contribution in [0.15, 0.2) is 18.2 Å². The van der Waals surface area contributed by atoms with Gasteiger partial charge in [0, 0.05) is 11.3 Å². The van der Waals surface area contributed by atoms with Gasteiger partial charge in [0.05, 0.1) is 6.54 Å². The number of Topliss-reactive ketones (excluding diaryl/α,β-unsaturated/α-hetero) is 1. The lowest BCUT2D eigenvalue weighted by atomic mass is 10.1. The molecule has 0 aliphatic carbocycles. The Morgan fingerprint density at radius 3 is 2.46 bits per heavy atom. The second-order valence-electron chi connectivity index (χ2n) is 6.05. The molecule has 1 aromatic carbocycles. The Kier molecular flexibility index (Phi) is 5.44. The SMILES string of the molecule is CC(=O)c1c(C)[nH]c(C(=O)NCCOc2ccc(C)cc2C)c1C. The summed E-state index contributed by atoms with van der Waals surface area (Å²) in [4.78, 5) is 26.9. The van der Waals surface area contributed by atoms with Crippen LogP contribution in [0.2, 0.25) is 0 Å². The van der Waals surface area contributed by atoms with E-state index in [2.05, 4.69) is 16.4 Å². The third kappa shape index (κ3) is 3.85. The number of aryl methyl sites for hydroxylation is 3. The number of ether oxygens (including phenoxy) is 1. The summed E-state index contributed by atoms with van der Waals surface area (Å²) in [6, 6.07) is 5.99. The van der Waals surface area contributed by atoms with Gasteiger partial charge in [0.1, 0.15) is 18.1 Å². The van der Waals surface area contributed by atoms with Crippen molar-refractivity contribution in [2.45, 2.75) is 34.6 Å². The topological polar surface area (TPSA) is 71.2 Å². The summed E-state index contributed by atoms with van der Waals surface area (Å²) < 4.78 is 5.70. The van der Waals surface area contributed by atoms with Crippen molar-refractivity contribution in [3.8, 4) is 5.75 Å². The molecule has 5 heteroatoms. The number of hydrogen-bond acceptors (Lipinski definition) is 3. The highest BCUT2D eigenvalue weighted by Gasteiger charge is 2.19. The maximum Gasteiger partial charge on any atom is 0.268 e. The van der Waals surface area contributed by atoms with Crippen molar-refractivity contribution in [1.82, 2.24) is 10.3 Å². The molecule has 1 heterocycles. The van der Waals surface area contributed by atoms with Gasteiger partial charge in [0.15, 0.2) is 5.78 Å². The normalized spacial score (nSPS) is 10.5. The minimum absolute atomic E-state index is 0.0431. The average Bonchev–Trinajstić information content (AvgIpc) is 2.80. The van der Waals surface area contributed by atoms with Gasteiger partial charge in [0.25, 0.3) is 5.91 Å². The monoisotopic (exact) mass is 328 g/mol. The van der Waals surface area contributed by atoms with Gasteiger partial charge in [-0.3, -0.25) is 9.59 Å². The first kappa shape index (κ1) is 17.8. The molecular formula is C19H24N2O3. The van der Waals surface area contributed by atoms with Gasteiger partial charge in [-0.05, 0) is 51.8 Å². The molecule has 24 heavy (non-hydrogen) atoms. The van der Waals surface area contributed by atoms with Gasteiger partial charge in [-0.1, -0.05) is 17.7 Å². The Balaban J connectivity index is 1.92. The highest BCUT2D eigenvalue weighted by Crippen LogP contribution is 2.19. The van der Waals surface area contributed by atoms with E-state index < -0.39 is 0 Å². The number of carbonyl (C=O) groups excluding carboxylic acids is 2. The Labute approximate surface area is 142 Å². The standard InChI is InChI=1S/C19H24N2O3/c1-11-6-7-16(12(2)10-11)24-9-8-20-19(23)18-13(3)17(15(5)22)14(4)21-18/h6-7,10,21H,8-9H2,1-5H3,(H,20,23). The first-order valence-electron chi connectivity index (χ1n) is 7.99. The van der Waals surface area contributed by atoms with E-state index in [0.717, 1.165) is 17.0 Å². The summed E-state index contributed by atoms with van der Waals surface area (Å²) in [5.41, 5.74) is 4.69. The Hall–Kier alpha value is -2.56. The summed E-state index contributed by atoms with van der Waals surface area (Å²) in [5.74, 6) is 0.548. The van der Waals surface area contributed by atoms with Crippen LogP contribution in [0.25, 0.3) is 0 Å². The molecule has 0 spiro atoms. The smallest absolute Gasteiger partial charge is 0.268 e. The third-order valence-electron chi connectivity index (χ3n) is 3.99. The van der Waals surface area contributed by atoms with Gasteiger partial charge in [-0.25, -0.2) is 0 Å². The van der Waals surface area contributed by atoms with Crippen LogP contribution in [0, 0.1) is 27.7 Å². The number of hydrogen-bond donors (Lipinski definition) is 2. The van der Waals surface area contributed by atoms with E-state index >= 15 is 0 Å². The van der Waals surface area contributed by atoms with Gasteiger partial charge in [-0.2, -0.15) is 0 Å². The number of aromatic nitrogens is 1. The number of carbonyl (C=O) groups is 2. The predicted octanol–water partition coefficient (Wildman–Crippen LogP) is 3.26. The Morgan fingerprint density at radius 1 is 1.17 bits per heavy atom. The molecule has 2 rings (SSSR count). The van der Waals surface area contributed by atoms with Crippen molar-refractivity contribution in [3.63, 3.8) is 0 Å². The molecule has 0 bridgehead atoms. The fourth-order valence-electron chi connectivity index (χ4n) is 2.88. The highest BCUT2D eigenvalue weighted by molar-refractivity contribution is 6.02. The van der Waals surface area contributed by atoms with Gasteiger partial charge >= 0.3 is 0 Å². The summed E-state index contributed by atoms with van der Waals surface area (Å²) in [5, 5.41) is 2.81. The van der Waals surface area contributed by atoms with Crippen LogP contribution in [-0.2, 0) is 0 Å². The Bertz CT molecular complexity index is 775. The maximum absolute atomic E-state index is 12.3. The lowest BCUT2D eigenvalue weighted by molar-refractivity contribution is 0.0941. The molecule has 0 fully saturated rings. The molecule has 0 radical (unpaired) electrons. The second-order valence-corrected chi connectivity index (χ2v) is 6.05. The number of aromatic amines is 1. The summed E-state index contributed by atoms with van der Waals surface area (Å²) in [7, 11) is 0. The largest absolute Gasteiger partial charge is 0.491 e. The average molecular weight is 328 g/mol. The zero-order valence-electron chi connectivity index (χ0n) is 14.9. The van der Waals surface area contributed by atoms with E-state index in [1.165, 1.54) is 12.5 Å².